The summed E-state index contributed by atoms with van der Waals surface area (Å²) >= 11 is 7.13. The molecule has 10 heteroatoms. The molecule has 0 aliphatic heterocycles. The van der Waals surface area contributed by atoms with Crippen LogP contribution < -0.4 is 15.4 Å². The first kappa shape index (κ1) is 25.3. The summed E-state index contributed by atoms with van der Waals surface area (Å²) < 4.78 is 6.98. The summed E-state index contributed by atoms with van der Waals surface area (Å²) in [7, 11) is 1.60. The van der Waals surface area contributed by atoms with Gasteiger partial charge in [-0.05, 0) is 48.9 Å². The number of rotatable bonds is 11. The lowest BCUT2D eigenvalue weighted by Gasteiger charge is -2.15. The molecule has 0 unspecified atom stereocenters. The van der Waals surface area contributed by atoms with E-state index in [1.54, 1.807) is 37.5 Å². The topological polar surface area (TPSA) is 98.1 Å². The van der Waals surface area contributed by atoms with Crippen molar-refractivity contribution in [3.8, 4) is 5.75 Å². The molecule has 0 aliphatic carbocycles. The van der Waals surface area contributed by atoms with E-state index in [2.05, 4.69) is 27.4 Å². The van der Waals surface area contributed by atoms with Crippen LogP contribution in [0.25, 0.3) is 0 Å². The average Bonchev–Trinajstić information content (AvgIpc) is 3.22. The van der Waals surface area contributed by atoms with Crippen LogP contribution in [-0.4, -0.2) is 39.4 Å². The summed E-state index contributed by atoms with van der Waals surface area (Å²) in [5, 5.41) is 15.4. The second kappa shape index (κ2) is 12.2. The quantitative estimate of drug-likeness (QED) is 0.302. The van der Waals surface area contributed by atoms with Gasteiger partial charge in [-0.3, -0.25) is 9.59 Å². The Kier molecular flexibility index (Phi) is 9.12. The van der Waals surface area contributed by atoms with E-state index in [-0.39, 0.29) is 30.0 Å². The number of hydrogen-bond acceptors (Lipinski definition) is 6. The molecule has 0 aliphatic rings. The van der Waals surface area contributed by atoms with Crippen molar-refractivity contribution in [3.63, 3.8) is 0 Å². The number of anilines is 1. The molecule has 2 aromatic carbocycles. The number of ether oxygens (including phenoxy) is 1. The number of nitrogens with one attached hydrogen (secondary N) is 2. The number of amides is 2. The zero-order valence-electron chi connectivity index (χ0n) is 19.0. The number of hydrogen-bond donors (Lipinski definition) is 2. The smallest absolute Gasteiger partial charge is 0.234 e. The lowest BCUT2D eigenvalue weighted by molar-refractivity contribution is -0.121. The standard InChI is InChI=1S/C24H26ClN5O3S/c1-4-13-30-23(16(2)26-21(31)14-17-5-11-20(33-3)12-6-17)28-29-24(30)34-15-22(32)27-19-9-7-18(25)8-10-19/h4-12,16H,1,13-15H2,2-3H3,(H,26,31)(H,27,32)/t16-/m1/s1. The molecule has 2 amide bonds. The number of allylic oxidation sites excluding steroid dienone is 1. The minimum atomic E-state index is -0.379. The number of aromatic nitrogens is 3. The van der Waals surface area contributed by atoms with E-state index in [1.807, 2.05) is 35.8 Å². The van der Waals surface area contributed by atoms with Crippen LogP contribution in [-0.2, 0) is 22.6 Å². The molecule has 3 aromatic rings. The van der Waals surface area contributed by atoms with E-state index >= 15 is 0 Å². The fraction of sp³-hybridized carbons (Fsp3) is 0.250. The molecule has 34 heavy (non-hydrogen) atoms. The van der Waals surface area contributed by atoms with Crippen molar-refractivity contribution < 1.29 is 14.3 Å². The predicted octanol–water partition coefficient (Wildman–Crippen LogP) is 4.28. The van der Waals surface area contributed by atoms with Crippen molar-refractivity contribution in [2.45, 2.75) is 31.1 Å². The van der Waals surface area contributed by atoms with E-state index in [4.69, 9.17) is 16.3 Å². The van der Waals surface area contributed by atoms with Gasteiger partial charge in [0.15, 0.2) is 11.0 Å². The number of carbonyl (C=O) groups excluding carboxylic acids is 2. The zero-order valence-corrected chi connectivity index (χ0v) is 20.5. The summed E-state index contributed by atoms with van der Waals surface area (Å²) in [6, 6.07) is 13.9. The maximum Gasteiger partial charge on any atom is 0.234 e. The molecule has 0 spiro atoms. The fourth-order valence-electron chi connectivity index (χ4n) is 3.17. The van der Waals surface area contributed by atoms with Gasteiger partial charge in [0.2, 0.25) is 11.8 Å². The van der Waals surface area contributed by atoms with Gasteiger partial charge in [-0.25, -0.2) is 0 Å². The predicted molar refractivity (Wildman–Crippen MR) is 134 cm³/mol. The van der Waals surface area contributed by atoms with E-state index in [1.165, 1.54) is 11.8 Å². The molecule has 0 fully saturated rings. The van der Waals surface area contributed by atoms with Crippen LogP contribution >= 0.6 is 23.4 Å². The Morgan fingerprint density at radius 2 is 1.85 bits per heavy atom. The van der Waals surface area contributed by atoms with Gasteiger partial charge in [-0.1, -0.05) is 41.6 Å². The van der Waals surface area contributed by atoms with Crippen molar-refractivity contribution in [3.05, 3.63) is 77.6 Å². The summed E-state index contributed by atoms with van der Waals surface area (Å²) in [5.74, 6) is 1.16. The minimum Gasteiger partial charge on any atom is -0.497 e. The molecule has 0 bridgehead atoms. The Morgan fingerprint density at radius 1 is 1.15 bits per heavy atom. The average molecular weight is 500 g/mol. The lowest BCUT2D eigenvalue weighted by atomic mass is 10.1. The number of nitrogens with zero attached hydrogens (tertiary/aromatic N) is 3. The summed E-state index contributed by atoms with van der Waals surface area (Å²) in [6.45, 7) is 6.08. The van der Waals surface area contributed by atoms with Crippen LogP contribution in [0.2, 0.25) is 5.02 Å². The molecule has 1 atom stereocenters. The van der Waals surface area contributed by atoms with Crippen LogP contribution in [0.5, 0.6) is 5.75 Å². The Hall–Kier alpha value is -3.30. The minimum absolute atomic E-state index is 0.137. The van der Waals surface area contributed by atoms with Crippen molar-refractivity contribution in [1.29, 1.82) is 0 Å². The second-order valence-electron chi connectivity index (χ2n) is 7.40. The first-order valence-corrected chi connectivity index (χ1v) is 11.9. The molecule has 8 nitrogen and oxygen atoms in total. The van der Waals surface area contributed by atoms with E-state index in [0.717, 1.165) is 11.3 Å². The molecule has 1 heterocycles. The third-order valence-electron chi connectivity index (χ3n) is 4.81. The lowest BCUT2D eigenvalue weighted by Crippen LogP contribution is -2.30. The summed E-state index contributed by atoms with van der Waals surface area (Å²) in [4.78, 5) is 24.9. The number of benzene rings is 2. The highest BCUT2D eigenvalue weighted by Crippen LogP contribution is 2.22. The third-order valence-corrected chi connectivity index (χ3v) is 6.02. The third kappa shape index (κ3) is 7.10. The van der Waals surface area contributed by atoms with Crippen molar-refractivity contribution in [2.24, 2.45) is 0 Å². The first-order chi connectivity index (χ1) is 16.4. The van der Waals surface area contributed by atoms with E-state index in [9.17, 15) is 9.59 Å². The van der Waals surface area contributed by atoms with Crippen LogP contribution in [0.1, 0.15) is 24.4 Å². The molecule has 3 rings (SSSR count). The Morgan fingerprint density at radius 3 is 2.50 bits per heavy atom. The number of carbonyl (C=O) groups is 2. The maximum absolute atomic E-state index is 12.5. The highest BCUT2D eigenvalue weighted by atomic mass is 35.5. The highest BCUT2D eigenvalue weighted by molar-refractivity contribution is 7.99. The number of thioether (sulfide) groups is 1. The molecule has 0 radical (unpaired) electrons. The molecule has 0 saturated heterocycles. The van der Waals surface area contributed by atoms with Crippen molar-refractivity contribution in [1.82, 2.24) is 20.1 Å². The largest absolute Gasteiger partial charge is 0.497 e. The second-order valence-corrected chi connectivity index (χ2v) is 8.78. The van der Waals surface area contributed by atoms with Crippen LogP contribution in [0.3, 0.4) is 0 Å². The molecular weight excluding hydrogens is 474 g/mol. The summed E-state index contributed by atoms with van der Waals surface area (Å²) in [6.07, 6.45) is 1.95. The van der Waals surface area contributed by atoms with Crippen molar-refractivity contribution >= 4 is 40.9 Å². The van der Waals surface area contributed by atoms with Crippen LogP contribution in [0.15, 0.2) is 66.3 Å². The van der Waals surface area contributed by atoms with E-state index in [0.29, 0.717) is 28.2 Å². The highest BCUT2D eigenvalue weighted by Gasteiger charge is 2.20. The maximum atomic E-state index is 12.5. The SMILES string of the molecule is C=CCn1c(SCC(=O)Nc2ccc(Cl)cc2)nnc1[C@@H](C)NC(=O)Cc1ccc(OC)cc1. The van der Waals surface area contributed by atoms with Gasteiger partial charge in [0, 0.05) is 17.3 Å². The normalized spacial score (nSPS) is 11.5. The molecule has 1 aromatic heterocycles. The first-order valence-electron chi connectivity index (χ1n) is 10.5. The monoisotopic (exact) mass is 499 g/mol. The van der Waals surface area contributed by atoms with Crippen molar-refractivity contribution in [2.75, 3.05) is 18.2 Å². The molecule has 2 N–H and O–H groups in total. The van der Waals surface area contributed by atoms with Gasteiger partial charge in [-0.2, -0.15) is 0 Å². The van der Waals surface area contributed by atoms with Gasteiger partial charge in [-0.15, -0.1) is 16.8 Å². The van der Waals surface area contributed by atoms with Gasteiger partial charge in [0.1, 0.15) is 5.75 Å². The Labute approximate surface area is 207 Å². The molecule has 0 saturated carbocycles. The van der Waals surface area contributed by atoms with Crippen LogP contribution in [0.4, 0.5) is 5.69 Å². The Bertz CT molecular complexity index is 1130. The van der Waals surface area contributed by atoms with Gasteiger partial charge in [0.25, 0.3) is 0 Å². The van der Waals surface area contributed by atoms with Gasteiger partial charge in [0.05, 0.1) is 25.3 Å². The Balaban J connectivity index is 1.60. The number of halogens is 1. The zero-order chi connectivity index (χ0) is 24.5. The van der Waals surface area contributed by atoms with Crippen LogP contribution in [0, 0.1) is 0 Å². The van der Waals surface area contributed by atoms with Gasteiger partial charge < -0.3 is 19.9 Å². The fourth-order valence-corrected chi connectivity index (χ4v) is 4.05. The molecular formula is C24H26ClN5O3S. The molecule has 178 valence electrons. The van der Waals surface area contributed by atoms with Gasteiger partial charge >= 0.3 is 0 Å². The summed E-state index contributed by atoms with van der Waals surface area (Å²) in [5.41, 5.74) is 1.54. The van der Waals surface area contributed by atoms with E-state index < -0.39 is 0 Å². The number of methoxy groups -OCH3 is 1.